The molecule has 0 bridgehead atoms. The van der Waals surface area contributed by atoms with Crippen molar-refractivity contribution in [3.63, 3.8) is 0 Å². The van der Waals surface area contributed by atoms with Crippen LogP contribution in [0.5, 0.6) is 11.5 Å². The maximum Gasteiger partial charge on any atom is 0.129 e. The number of hydrogen-bond acceptors (Lipinski definition) is 3. The van der Waals surface area contributed by atoms with E-state index < -0.39 is 0 Å². The Morgan fingerprint density at radius 1 is 0.656 bits per heavy atom. The van der Waals surface area contributed by atoms with Crippen molar-refractivity contribution in [2.24, 2.45) is 0 Å². The van der Waals surface area contributed by atoms with Gasteiger partial charge in [-0.25, -0.2) is 9.36 Å². The molecule has 5 heteroatoms. The standard InChI is InChI=1S/C27H20N4O/c1-19-25-13-3-5-15-27(25)31(29-19)22-10-7-12-24(17-22)32-23-11-6-9-21(16-23)30-26-14-4-2-8-20(26)18-28-30/h2-18H,1H3. The van der Waals surface area contributed by atoms with Crippen LogP contribution in [0.25, 0.3) is 33.2 Å². The van der Waals surface area contributed by atoms with Gasteiger partial charge in [-0.3, -0.25) is 0 Å². The van der Waals surface area contributed by atoms with E-state index in [0.717, 1.165) is 50.4 Å². The first-order chi connectivity index (χ1) is 15.8. The lowest BCUT2D eigenvalue weighted by molar-refractivity contribution is 0.482. The third-order valence-electron chi connectivity index (χ3n) is 5.61. The SMILES string of the molecule is Cc1nn(-c2cccc(Oc3cccc(-n4ncc5ccccc54)c3)c2)c2ccccc12. The zero-order chi connectivity index (χ0) is 21.5. The van der Waals surface area contributed by atoms with Gasteiger partial charge in [-0.1, -0.05) is 48.5 Å². The summed E-state index contributed by atoms with van der Waals surface area (Å²) >= 11 is 0. The van der Waals surface area contributed by atoms with E-state index in [-0.39, 0.29) is 0 Å². The predicted molar refractivity (Wildman–Crippen MR) is 127 cm³/mol. The van der Waals surface area contributed by atoms with Crippen LogP contribution >= 0.6 is 0 Å². The van der Waals surface area contributed by atoms with Crippen LogP contribution in [-0.4, -0.2) is 19.6 Å². The summed E-state index contributed by atoms with van der Waals surface area (Å²) in [5.41, 5.74) is 5.06. The molecule has 0 saturated heterocycles. The van der Waals surface area contributed by atoms with Gasteiger partial charge >= 0.3 is 0 Å². The molecule has 32 heavy (non-hydrogen) atoms. The van der Waals surface area contributed by atoms with Crippen molar-refractivity contribution < 1.29 is 4.74 Å². The Morgan fingerprint density at radius 2 is 1.31 bits per heavy atom. The van der Waals surface area contributed by atoms with Crippen LogP contribution in [0.15, 0.2) is 103 Å². The fourth-order valence-electron chi connectivity index (χ4n) is 4.09. The van der Waals surface area contributed by atoms with Crippen LogP contribution in [-0.2, 0) is 0 Å². The van der Waals surface area contributed by atoms with Crippen LogP contribution < -0.4 is 4.74 Å². The van der Waals surface area contributed by atoms with Crippen LogP contribution in [0.3, 0.4) is 0 Å². The largest absolute Gasteiger partial charge is 0.457 e. The Bertz CT molecular complexity index is 1580. The summed E-state index contributed by atoms with van der Waals surface area (Å²) in [6.07, 6.45) is 1.88. The highest BCUT2D eigenvalue weighted by atomic mass is 16.5. The van der Waals surface area contributed by atoms with Gasteiger partial charge in [0.2, 0.25) is 0 Å². The second-order valence-electron chi connectivity index (χ2n) is 7.73. The normalized spacial score (nSPS) is 11.3. The lowest BCUT2D eigenvalue weighted by atomic mass is 10.2. The molecule has 0 saturated carbocycles. The second kappa shape index (κ2) is 7.39. The number of rotatable bonds is 4. The number of fused-ring (bicyclic) bond motifs is 2. The zero-order valence-corrected chi connectivity index (χ0v) is 17.5. The lowest BCUT2D eigenvalue weighted by Gasteiger charge is -2.10. The molecule has 4 aromatic carbocycles. The number of para-hydroxylation sites is 2. The topological polar surface area (TPSA) is 44.9 Å². The smallest absolute Gasteiger partial charge is 0.129 e. The molecule has 0 aliphatic heterocycles. The van der Waals surface area contributed by atoms with Gasteiger partial charge in [0.15, 0.2) is 0 Å². The predicted octanol–water partition coefficient (Wildman–Crippen LogP) is 6.47. The van der Waals surface area contributed by atoms with Crippen molar-refractivity contribution >= 4 is 21.8 Å². The molecule has 0 N–H and O–H groups in total. The van der Waals surface area contributed by atoms with E-state index in [1.807, 2.05) is 95.3 Å². The molecule has 6 aromatic rings. The maximum atomic E-state index is 6.23. The van der Waals surface area contributed by atoms with Gasteiger partial charge in [-0.05, 0) is 43.3 Å². The van der Waals surface area contributed by atoms with E-state index >= 15 is 0 Å². The number of aromatic nitrogens is 4. The Hall–Kier alpha value is -4.38. The lowest BCUT2D eigenvalue weighted by Crippen LogP contribution is -1.98. The summed E-state index contributed by atoms with van der Waals surface area (Å²) in [6.45, 7) is 2.03. The average Bonchev–Trinajstić information content (AvgIpc) is 3.41. The highest BCUT2D eigenvalue weighted by Crippen LogP contribution is 2.28. The van der Waals surface area contributed by atoms with Gasteiger partial charge in [0.1, 0.15) is 11.5 Å². The van der Waals surface area contributed by atoms with E-state index in [2.05, 4.69) is 29.4 Å². The van der Waals surface area contributed by atoms with E-state index in [1.54, 1.807) is 0 Å². The fraction of sp³-hybridized carbons (Fsp3) is 0.0370. The number of nitrogens with zero attached hydrogens (tertiary/aromatic N) is 4. The minimum absolute atomic E-state index is 0.751. The molecule has 2 aromatic heterocycles. The molecule has 2 heterocycles. The Morgan fingerprint density at radius 3 is 2.09 bits per heavy atom. The van der Waals surface area contributed by atoms with Crippen molar-refractivity contribution in [1.82, 2.24) is 19.6 Å². The highest BCUT2D eigenvalue weighted by molar-refractivity contribution is 5.83. The minimum atomic E-state index is 0.751. The third kappa shape index (κ3) is 3.11. The molecule has 154 valence electrons. The van der Waals surface area contributed by atoms with Crippen LogP contribution in [0.2, 0.25) is 0 Å². The summed E-state index contributed by atoms with van der Waals surface area (Å²) in [4.78, 5) is 0. The van der Waals surface area contributed by atoms with Gasteiger partial charge in [0.25, 0.3) is 0 Å². The van der Waals surface area contributed by atoms with Crippen LogP contribution in [0, 0.1) is 6.92 Å². The molecular formula is C27H20N4O. The molecule has 0 aliphatic carbocycles. The number of hydrogen-bond donors (Lipinski definition) is 0. The third-order valence-corrected chi connectivity index (χ3v) is 5.61. The first kappa shape index (κ1) is 18.4. The summed E-state index contributed by atoms with van der Waals surface area (Å²) in [5.74, 6) is 1.50. The molecule has 0 unspecified atom stereocenters. The maximum absolute atomic E-state index is 6.23. The summed E-state index contributed by atoms with van der Waals surface area (Å²) in [5, 5.41) is 11.5. The van der Waals surface area contributed by atoms with Crippen LogP contribution in [0.1, 0.15) is 5.69 Å². The second-order valence-corrected chi connectivity index (χ2v) is 7.73. The summed E-state index contributed by atoms with van der Waals surface area (Å²) in [6, 6.07) is 32.4. The van der Waals surface area contributed by atoms with E-state index in [0.29, 0.717) is 0 Å². The molecule has 6 rings (SSSR count). The molecule has 0 radical (unpaired) electrons. The summed E-state index contributed by atoms with van der Waals surface area (Å²) < 4.78 is 10.1. The first-order valence-electron chi connectivity index (χ1n) is 10.5. The highest BCUT2D eigenvalue weighted by Gasteiger charge is 2.10. The Balaban J connectivity index is 1.35. The van der Waals surface area contributed by atoms with Crippen molar-refractivity contribution in [2.75, 3.05) is 0 Å². The van der Waals surface area contributed by atoms with Crippen LogP contribution in [0.4, 0.5) is 0 Å². The summed E-state index contributed by atoms with van der Waals surface area (Å²) in [7, 11) is 0. The Labute approximate surface area is 185 Å². The monoisotopic (exact) mass is 416 g/mol. The number of ether oxygens (including phenoxy) is 1. The van der Waals surface area contributed by atoms with E-state index in [1.165, 1.54) is 0 Å². The minimum Gasteiger partial charge on any atom is -0.457 e. The van der Waals surface area contributed by atoms with E-state index in [4.69, 9.17) is 9.84 Å². The van der Waals surface area contributed by atoms with Gasteiger partial charge < -0.3 is 4.74 Å². The molecule has 0 aliphatic rings. The average molecular weight is 416 g/mol. The van der Waals surface area contributed by atoms with Gasteiger partial charge in [-0.15, -0.1) is 0 Å². The van der Waals surface area contributed by atoms with Gasteiger partial charge in [-0.2, -0.15) is 10.2 Å². The van der Waals surface area contributed by atoms with Gasteiger partial charge in [0.05, 0.1) is 34.3 Å². The number of aryl methyl sites for hydroxylation is 1. The molecule has 0 amide bonds. The van der Waals surface area contributed by atoms with Crippen molar-refractivity contribution in [1.29, 1.82) is 0 Å². The van der Waals surface area contributed by atoms with E-state index in [9.17, 15) is 0 Å². The molecular weight excluding hydrogens is 396 g/mol. The molecule has 0 atom stereocenters. The van der Waals surface area contributed by atoms with Crippen molar-refractivity contribution in [3.8, 4) is 22.9 Å². The van der Waals surface area contributed by atoms with Crippen molar-refractivity contribution in [3.05, 3.63) is 109 Å². The molecule has 0 fully saturated rings. The first-order valence-corrected chi connectivity index (χ1v) is 10.5. The van der Waals surface area contributed by atoms with Crippen molar-refractivity contribution in [2.45, 2.75) is 6.92 Å². The zero-order valence-electron chi connectivity index (χ0n) is 17.5. The molecule has 0 spiro atoms. The van der Waals surface area contributed by atoms with Gasteiger partial charge in [0, 0.05) is 22.9 Å². The Kier molecular flexibility index (Phi) is 4.25. The number of benzene rings is 4. The fourth-order valence-corrected chi connectivity index (χ4v) is 4.09. The molecule has 5 nitrogen and oxygen atoms in total. The quantitative estimate of drug-likeness (QED) is 0.331.